The second-order valence-electron chi connectivity index (χ2n) is 5.82. The van der Waals surface area contributed by atoms with Crippen LogP contribution in [0.2, 0.25) is 0 Å². The lowest BCUT2D eigenvalue weighted by Gasteiger charge is -2.14. The van der Waals surface area contributed by atoms with Crippen LogP contribution in [0.4, 0.5) is 11.4 Å². The molecule has 0 amide bonds. The summed E-state index contributed by atoms with van der Waals surface area (Å²) in [6.07, 6.45) is 2.21. The zero-order chi connectivity index (χ0) is 18.5. The number of nitrogens with one attached hydrogen (secondary N) is 1. The largest absolute Gasteiger partial charge is 0.462 e. The minimum absolute atomic E-state index is 0.332. The van der Waals surface area contributed by atoms with Crippen molar-refractivity contribution in [2.45, 2.75) is 20.3 Å². The van der Waals surface area contributed by atoms with Crippen LogP contribution in [-0.4, -0.2) is 22.5 Å². The first kappa shape index (κ1) is 17.4. The van der Waals surface area contributed by atoms with Crippen molar-refractivity contribution in [3.05, 3.63) is 59.4 Å². The Kier molecular flexibility index (Phi) is 5.09. The van der Waals surface area contributed by atoms with Gasteiger partial charge in [0.25, 0.3) is 0 Å². The number of carbonyl (C=O) groups is 1. The molecule has 0 atom stereocenters. The number of hydrogen-bond donors (Lipinski definition) is 1. The van der Waals surface area contributed by atoms with Crippen molar-refractivity contribution >= 4 is 28.4 Å². The molecular weight excluding hydrogens is 328 g/mol. The Bertz CT molecular complexity index is 1010. The van der Waals surface area contributed by atoms with Crippen LogP contribution in [-0.2, 0) is 4.74 Å². The fourth-order valence-corrected chi connectivity index (χ4v) is 2.54. The average molecular weight is 346 g/mol. The zero-order valence-electron chi connectivity index (χ0n) is 14.6. The first-order valence-corrected chi connectivity index (χ1v) is 8.33. The predicted molar refractivity (Wildman–Crippen MR) is 99.3 cm³/mol. The molecule has 3 rings (SSSR count). The molecule has 0 saturated heterocycles. The summed E-state index contributed by atoms with van der Waals surface area (Å²) in [6, 6.07) is 12.9. The predicted octanol–water partition coefficient (Wildman–Crippen LogP) is 4.12. The van der Waals surface area contributed by atoms with Crippen LogP contribution in [0.1, 0.15) is 35.0 Å². The van der Waals surface area contributed by atoms with Crippen LogP contribution in [0.3, 0.4) is 0 Å². The number of nitriles is 1. The molecule has 0 fully saturated rings. The van der Waals surface area contributed by atoms with Gasteiger partial charge in [0.2, 0.25) is 0 Å². The Labute approximate surface area is 151 Å². The molecule has 0 radical (unpaired) electrons. The van der Waals surface area contributed by atoms with Gasteiger partial charge in [0.15, 0.2) is 5.65 Å². The van der Waals surface area contributed by atoms with Gasteiger partial charge in [0.05, 0.1) is 23.9 Å². The van der Waals surface area contributed by atoms with Crippen LogP contribution in [0.5, 0.6) is 0 Å². The van der Waals surface area contributed by atoms with E-state index in [1.54, 1.807) is 18.2 Å². The summed E-state index contributed by atoms with van der Waals surface area (Å²) in [5, 5.41) is 13.0. The maximum absolute atomic E-state index is 12.5. The number of rotatable bonds is 5. The van der Waals surface area contributed by atoms with Crippen molar-refractivity contribution < 1.29 is 9.53 Å². The van der Waals surface area contributed by atoms with Crippen molar-refractivity contribution in [2.24, 2.45) is 0 Å². The minimum atomic E-state index is -0.444. The molecule has 3 aromatic rings. The molecule has 6 heteroatoms. The van der Waals surface area contributed by atoms with Gasteiger partial charge in [-0.15, -0.1) is 0 Å². The maximum Gasteiger partial charge on any atom is 0.341 e. The molecule has 0 aliphatic carbocycles. The van der Waals surface area contributed by atoms with E-state index in [-0.39, 0.29) is 0 Å². The molecule has 0 unspecified atom stereocenters. The smallest absolute Gasteiger partial charge is 0.341 e. The highest BCUT2D eigenvalue weighted by Gasteiger charge is 2.18. The van der Waals surface area contributed by atoms with Crippen LogP contribution in [0.25, 0.3) is 11.0 Å². The Morgan fingerprint density at radius 3 is 2.92 bits per heavy atom. The summed E-state index contributed by atoms with van der Waals surface area (Å²) >= 11 is 0. The summed E-state index contributed by atoms with van der Waals surface area (Å²) in [4.78, 5) is 21.2. The van der Waals surface area contributed by atoms with E-state index in [1.807, 2.05) is 32.0 Å². The fraction of sp³-hybridized carbons (Fsp3) is 0.200. The standard InChI is InChI=1S/C20H18N4O2/c1-3-9-26-20(25)17-12-22-19-16(8-7-13(2)23-19)18(17)24-15-6-4-5-14(10-15)11-21/h4-8,10,12H,3,9H2,1-2H3,(H,22,23,24). The molecule has 2 heterocycles. The number of aryl methyl sites for hydroxylation is 1. The number of nitrogens with zero attached hydrogens (tertiary/aromatic N) is 3. The van der Waals surface area contributed by atoms with Gasteiger partial charge in [-0.1, -0.05) is 13.0 Å². The van der Waals surface area contributed by atoms with Gasteiger partial charge in [0, 0.05) is 23.0 Å². The highest BCUT2D eigenvalue weighted by molar-refractivity contribution is 6.05. The van der Waals surface area contributed by atoms with Crippen LogP contribution in [0.15, 0.2) is 42.6 Å². The van der Waals surface area contributed by atoms with Crippen molar-refractivity contribution in [1.29, 1.82) is 5.26 Å². The molecule has 0 spiro atoms. The van der Waals surface area contributed by atoms with Gasteiger partial charge in [-0.3, -0.25) is 0 Å². The van der Waals surface area contributed by atoms with E-state index in [9.17, 15) is 4.79 Å². The molecule has 0 bridgehead atoms. The number of ether oxygens (including phenoxy) is 1. The third kappa shape index (κ3) is 3.62. The van der Waals surface area contributed by atoms with Crippen molar-refractivity contribution in [3.63, 3.8) is 0 Å². The molecule has 0 aliphatic rings. The molecule has 26 heavy (non-hydrogen) atoms. The molecule has 2 aromatic heterocycles. The Balaban J connectivity index is 2.11. The Morgan fingerprint density at radius 2 is 2.15 bits per heavy atom. The van der Waals surface area contributed by atoms with Gasteiger partial charge >= 0.3 is 5.97 Å². The van der Waals surface area contributed by atoms with Gasteiger partial charge in [-0.05, 0) is 43.7 Å². The summed E-state index contributed by atoms with van der Waals surface area (Å²) in [5.41, 5.74) is 3.50. The number of anilines is 2. The molecule has 0 aliphatic heterocycles. The lowest BCUT2D eigenvalue weighted by Crippen LogP contribution is -2.10. The monoisotopic (exact) mass is 346 g/mol. The lowest BCUT2D eigenvalue weighted by atomic mass is 10.1. The topological polar surface area (TPSA) is 87.9 Å². The van der Waals surface area contributed by atoms with E-state index >= 15 is 0 Å². The Hall–Kier alpha value is -3.46. The van der Waals surface area contributed by atoms with E-state index in [2.05, 4.69) is 21.4 Å². The first-order chi connectivity index (χ1) is 12.6. The second-order valence-corrected chi connectivity index (χ2v) is 5.82. The molecule has 1 N–H and O–H groups in total. The highest BCUT2D eigenvalue weighted by Crippen LogP contribution is 2.29. The van der Waals surface area contributed by atoms with Crippen LogP contribution >= 0.6 is 0 Å². The minimum Gasteiger partial charge on any atom is -0.462 e. The van der Waals surface area contributed by atoms with Gasteiger partial charge in [-0.2, -0.15) is 5.26 Å². The molecule has 130 valence electrons. The maximum atomic E-state index is 12.5. The first-order valence-electron chi connectivity index (χ1n) is 8.33. The summed E-state index contributed by atoms with van der Waals surface area (Å²) in [7, 11) is 0. The SMILES string of the molecule is CCCOC(=O)c1cnc2nc(C)ccc2c1Nc1cccc(C#N)c1. The molecule has 0 saturated carbocycles. The number of benzene rings is 1. The third-order valence-electron chi connectivity index (χ3n) is 3.79. The lowest BCUT2D eigenvalue weighted by molar-refractivity contribution is 0.0506. The second kappa shape index (κ2) is 7.62. The van der Waals surface area contributed by atoms with Crippen molar-refractivity contribution in [3.8, 4) is 6.07 Å². The number of fused-ring (bicyclic) bond motifs is 1. The number of hydrogen-bond acceptors (Lipinski definition) is 6. The Morgan fingerprint density at radius 1 is 1.31 bits per heavy atom. The van der Waals surface area contributed by atoms with Crippen molar-refractivity contribution in [1.82, 2.24) is 9.97 Å². The van der Waals surface area contributed by atoms with E-state index in [0.717, 1.165) is 12.1 Å². The van der Waals surface area contributed by atoms with Crippen LogP contribution in [0, 0.1) is 18.3 Å². The van der Waals surface area contributed by atoms with E-state index in [4.69, 9.17) is 10.00 Å². The van der Waals surface area contributed by atoms with E-state index in [1.165, 1.54) is 6.20 Å². The summed E-state index contributed by atoms with van der Waals surface area (Å²) < 4.78 is 5.28. The number of aromatic nitrogens is 2. The molecule has 6 nitrogen and oxygen atoms in total. The molecular formula is C20H18N4O2. The fourth-order valence-electron chi connectivity index (χ4n) is 2.54. The number of pyridine rings is 2. The summed E-state index contributed by atoms with van der Waals surface area (Å²) in [5.74, 6) is -0.444. The van der Waals surface area contributed by atoms with Gasteiger partial charge in [-0.25, -0.2) is 14.8 Å². The van der Waals surface area contributed by atoms with Gasteiger partial charge in [0.1, 0.15) is 5.56 Å². The number of esters is 1. The molecule has 1 aromatic carbocycles. The quantitative estimate of drug-likeness (QED) is 0.699. The number of carbonyl (C=O) groups excluding carboxylic acids is 1. The third-order valence-corrected chi connectivity index (χ3v) is 3.79. The van der Waals surface area contributed by atoms with Crippen LogP contribution < -0.4 is 5.32 Å². The average Bonchev–Trinajstić information content (AvgIpc) is 2.66. The zero-order valence-corrected chi connectivity index (χ0v) is 14.6. The van der Waals surface area contributed by atoms with Crippen molar-refractivity contribution in [2.75, 3.05) is 11.9 Å². The van der Waals surface area contributed by atoms with E-state index in [0.29, 0.717) is 40.1 Å². The highest BCUT2D eigenvalue weighted by atomic mass is 16.5. The van der Waals surface area contributed by atoms with Gasteiger partial charge < -0.3 is 10.1 Å². The normalized spacial score (nSPS) is 10.3. The summed E-state index contributed by atoms with van der Waals surface area (Å²) in [6.45, 7) is 4.16. The van der Waals surface area contributed by atoms with E-state index < -0.39 is 5.97 Å².